The van der Waals surface area contributed by atoms with Crippen LogP contribution >= 0.6 is 27.3 Å². The van der Waals surface area contributed by atoms with Crippen molar-refractivity contribution in [1.29, 1.82) is 5.26 Å². The second-order valence-electron chi connectivity index (χ2n) is 8.98. The predicted octanol–water partition coefficient (Wildman–Crippen LogP) is 5.37. The summed E-state index contributed by atoms with van der Waals surface area (Å²) in [7, 11) is 0. The Hall–Kier alpha value is -2.25. The Morgan fingerprint density at radius 1 is 1.48 bits per heavy atom. The lowest BCUT2D eigenvalue weighted by Gasteiger charge is -2.33. The monoisotopic (exact) mass is 507 g/mol. The lowest BCUT2D eigenvalue weighted by atomic mass is 9.72. The van der Waals surface area contributed by atoms with Crippen molar-refractivity contribution >= 4 is 44.0 Å². The highest BCUT2D eigenvalue weighted by Gasteiger charge is 2.32. The van der Waals surface area contributed by atoms with Crippen molar-refractivity contribution in [2.45, 2.75) is 66.3 Å². The summed E-state index contributed by atoms with van der Waals surface area (Å²) in [5, 5.41) is 28.2. The zero-order chi connectivity index (χ0) is 22.9. The van der Waals surface area contributed by atoms with Gasteiger partial charge in [-0.1, -0.05) is 20.8 Å². The Kier molecular flexibility index (Phi) is 6.86. The Labute approximate surface area is 193 Å². The molecule has 166 valence electrons. The first-order chi connectivity index (χ1) is 14.5. The number of aryl methyl sites for hydroxylation is 1. The Bertz CT molecular complexity index is 1060. The molecular weight excluding hydrogens is 482 g/mol. The maximum absolute atomic E-state index is 12.5. The normalized spacial score (nSPS) is 15.9. The third kappa shape index (κ3) is 4.99. The topological polar surface area (TPSA) is 114 Å². The first-order valence-electron chi connectivity index (χ1n) is 10.2. The summed E-state index contributed by atoms with van der Waals surface area (Å²) in [6.07, 6.45) is 3.60. The zero-order valence-electron chi connectivity index (χ0n) is 18.1. The molecule has 0 aromatic carbocycles. The Morgan fingerprint density at radius 2 is 2.19 bits per heavy atom. The smallest absolute Gasteiger partial charge is 0.358 e. The lowest BCUT2D eigenvalue weighted by molar-refractivity contribution is -0.390. The van der Waals surface area contributed by atoms with E-state index in [-0.39, 0.29) is 23.6 Å². The van der Waals surface area contributed by atoms with Gasteiger partial charge in [0.15, 0.2) is 0 Å². The number of fused-ring (bicyclic) bond motifs is 1. The number of amides is 1. The number of nitrogens with zero attached hydrogens (tertiary/aromatic N) is 4. The number of thiophene rings is 1. The average molecular weight is 508 g/mol. The number of halogens is 1. The van der Waals surface area contributed by atoms with Gasteiger partial charge in [-0.05, 0) is 70.4 Å². The van der Waals surface area contributed by atoms with Crippen LogP contribution in [0.25, 0.3) is 0 Å². The molecule has 2 aromatic rings. The molecule has 0 radical (unpaired) electrons. The molecule has 3 rings (SSSR count). The van der Waals surface area contributed by atoms with Crippen molar-refractivity contribution in [2.75, 3.05) is 5.32 Å². The van der Waals surface area contributed by atoms with Gasteiger partial charge in [0, 0.05) is 11.3 Å². The van der Waals surface area contributed by atoms with Gasteiger partial charge in [0.05, 0.1) is 22.9 Å². The molecule has 0 aliphatic heterocycles. The highest BCUT2D eigenvalue weighted by molar-refractivity contribution is 9.10. The quantitative estimate of drug-likeness (QED) is 0.417. The van der Waals surface area contributed by atoms with Gasteiger partial charge >= 0.3 is 5.82 Å². The number of rotatable bonds is 6. The van der Waals surface area contributed by atoms with E-state index in [1.165, 1.54) is 20.9 Å². The first-order valence-corrected chi connectivity index (χ1v) is 11.9. The molecule has 0 spiro atoms. The summed E-state index contributed by atoms with van der Waals surface area (Å²) >= 11 is 4.72. The van der Waals surface area contributed by atoms with Gasteiger partial charge in [0.2, 0.25) is 5.91 Å². The molecule has 1 aliphatic rings. The number of carbonyl (C=O) groups is 1. The van der Waals surface area contributed by atoms with Crippen molar-refractivity contribution < 1.29 is 9.72 Å². The van der Waals surface area contributed by atoms with Crippen LogP contribution in [0.2, 0.25) is 0 Å². The molecule has 1 unspecified atom stereocenters. The molecule has 1 atom stereocenters. The number of nitro groups is 1. The van der Waals surface area contributed by atoms with E-state index in [2.05, 4.69) is 53.2 Å². The van der Waals surface area contributed by atoms with Crippen molar-refractivity contribution in [3.63, 3.8) is 0 Å². The van der Waals surface area contributed by atoms with Crippen LogP contribution in [-0.4, -0.2) is 20.6 Å². The van der Waals surface area contributed by atoms with Crippen LogP contribution in [0.5, 0.6) is 0 Å². The third-order valence-corrected chi connectivity index (χ3v) is 8.02. The second kappa shape index (κ2) is 9.09. The molecule has 1 amide bonds. The van der Waals surface area contributed by atoms with Crippen molar-refractivity contribution in [3.05, 3.63) is 36.3 Å². The van der Waals surface area contributed by atoms with E-state index in [1.54, 1.807) is 6.92 Å². The van der Waals surface area contributed by atoms with Crippen LogP contribution < -0.4 is 5.32 Å². The van der Waals surface area contributed by atoms with Gasteiger partial charge in [0.25, 0.3) is 0 Å². The molecule has 2 heterocycles. The fourth-order valence-corrected chi connectivity index (χ4v) is 5.68. The summed E-state index contributed by atoms with van der Waals surface area (Å²) in [5.74, 6) is 0.175. The maximum Gasteiger partial charge on any atom is 0.404 e. The molecular formula is C21H26BrN5O3S. The van der Waals surface area contributed by atoms with Gasteiger partial charge in [-0.25, -0.2) is 0 Å². The average Bonchev–Trinajstić information content (AvgIpc) is 3.18. The van der Waals surface area contributed by atoms with E-state index < -0.39 is 4.92 Å². The van der Waals surface area contributed by atoms with Gasteiger partial charge in [-0.15, -0.1) is 11.3 Å². The maximum atomic E-state index is 12.5. The molecule has 31 heavy (non-hydrogen) atoms. The van der Waals surface area contributed by atoms with Gasteiger partial charge in [0.1, 0.15) is 15.5 Å². The molecule has 1 aliphatic carbocycles. The van der Waals surface area contributed by atoms with E-state index in [0.717, 1.165) is 24.8 Å². The number of nitriles is 1. The Balaban J connectivity index is 1.63. The van der Waals surface area contributed by atoms with Gasteiger partial charge < -0.3 is 15.4 Å². The number of nitrogens with one attached hydrogen (secondary N) is 1. The minimum atomic E-state index is -0.535. The molecule has 8 nitrogen and oxygen atoms in total. The van der Waals surface area contributed by atoms with E-state index >= 15 is 0 Å². The molecule has 0 fully saturated rings. The van der Waals surface area contributed by atoms with Crippen LogP contribution in [0, 0.1) is 39.7 Å². The van der Waals surface area contributed by atoms with Crippen molar-refractivity contribution in [1.82, 2.24) is 9.78 Å². The van der Waals surface area contributed by atoms with Crippen LogP contribution in [0.1, 0.15) is 61.7 Å². The van der Waals surface area contributed by atoms with E-state index in [9.17, 15) is 20.2 Å². The molecule has 0 bridgehead atoms. The number of hydrogen-bond donors (Lipinski definition) is 1. The summed E-state index contributed by atoms with van der Waals surface area (Å²) in [5.41, 5.74) is 2.56. The van der Waals surface area contributed by atoms with Gasteiger partial charge in [-0.2, -0.15) is 9.94 Å². The molecule has 1 N–H and O–H groups in total. The van der Waals surface area contributed by atoms with Gasteiger partial charge in [-0.3, -0.25) is 4.79 Å². The summed E-state index contributed by atoms with van der Waals surface area (Å²) in [6, 6.07) is 2.28. The van der Waals surface area contributed by atoms with E-state index in [1.807, 2.05) is 0 Å². The number of carbonyl (C=O) groups excluding carboxylic acids is 1. The number of hydrogen-bond acceptors (Lipinski definition) is 6. The van der Waals surface area contributed by atoms with Crippen LogP contribution in [0.4, 0.5) is 10.8 Å². The number of anilines is 1. The summed E-state index contributed by atoms with van der Waals surface area (Å²) in [6.45, 7) is 8.88. The standard InChI is InChI=1S/C21H26BrN5O3S/c1-12-18(22)19(27(29)30)25-26(12)9-5-6-17(28)24-20-15(11-23)14-8-7-13(21(2,3)4)10-16(14)31-20/h13H,5-10H2,1-4H3,(H,24,28). The van der Waals surface area contributed by atoms with E-state index in [0.29, 0.717) is 39.6 Å². The SMILES string of the molecule is Cc1c(Br)c([N+](=O)[O-])nn1CCCC(=O)Nc1sc2c(c1C#N)CCC(C(C)(C)C)C2. The fraction of sp³-hybridized carbons (Fsp3) is 0.571. The second-order valence-corrected chi connectivity index (χ2v) is 10.9. The fourth-order valence-electron chi connectivity index (χ4n) is 3.95. The molecule has 2 aromatic heterocycles. The lowest BCUT2D eigenvalue weighted by Crippen LogP contribution is -2.26. The van der Waals surface area contributed by atoms with Crippen LogP contribution in [-0.2, 0) is 24.2 Å². The van der Waals surface area contributed by atoms with Crippen molar-refractivity contribution in [2.24, 2.45) is 11.3 Å². The summed E-state index contributed by atoms with van der Waals surface area (Å²) < 4.78 is 1.89. The minimum absolute atomic E-state index is 0.166. The zero-order valence-corrected chi connectivity index (χ0v) is 20.5. The highest BCUT2D eigenvalue weighted by atomic mass is 79.9. The molecule has 0 saturated carbocycles. The molecule has 0 saturated heterocycles. The highest BCUT2D eigenvalue weighted by Crippen LogP contribution is 2.44. The Morgan fingerprint density at radius 3 is 2.77 bits per heavy atom. The predicted molar refractivity (Wildman–Crippen MR) is 123 cm³/mol. The van der Waals surface area contributed by atoms with Crippen molar-refractivity contribution in [3.8, 4) is 6.07 Å². The minimum Gasteiger partial charge on any atom is -0.358 e. The molecule has 10 heteroatoms. The first kappa shape index (κ1) is 23.4. The van der Waals surface area contributed by atoms with Crippen LogP contribution in [0.15, 0.2) is 4.47 Å². The van der Waals surface area contributed by atoms with E-state index in [4.69, 9.17) is 0 Å². The largest absolute Gasteiger partial charge is 0.404 e. The summed E-state index contributed by atoms with van der Waals surface area (Å²) in [4.78, 5) is 24.2. The number of aromatic nitrogens is 2. The third-order valence-electron chi connectivity index (χ3n) is 5.92. The van der Waals surface area contributed by atoms with Crippen LogP contribution in [0.3, 0.4) is 0 Å².